The van der Waals surface area contributed by atoms with E-state index >= 15 is 0 Å². The third-order valence-electron chi connectivity index (χ3n) is 11.6. The van der Waals surface area contributed by atoms with Gasteiger partial charge in [0.1, 0.15) is 40.0 Å². The van der Waals surface area contributed by atoms with Crippen LogP contribution in [0.2, 0.25) is 5.02 Å². The number of nitrogens with zero attached hydrogens (tertiary/aromatic N) is 5. The van der Waals surface area contributed by atoms with Gasteiger partial charge in [0, 0.05) is 71.1 Å². The fourth-order valence-corrected chi connectivity index (χ4v) is 9.52. The van der Waals surface area contributed by atoms with Gasteiger partial charge in [0.2, 0.25) is 0 Å². The van der Waals surface area contributed by atoms with Crippen molar-refractivity contribution in [3.8, 4) is 21.9 Å². The van der Waals surface area contributed by atoms with Crippen molar-refractivity contribution in [2.45, 2.75) is 78.7 Å². The molecule has 0 radical (unpaired) electrons. The molecule has 326 valence electrons. The molecular weight excluding hydrogens is 832 g/mol. The van der Waals surface area contributed by atoms with Crippen LogP contribution in [0.4, 0.5) is 5.82 Å². The highest BCUT2D eigenvalue weighted by Gasteiger charge is 2.32. The Labute approximate surface area is 377 Å². The number of Topliss-reactive ketones (excluding diaryl/α,β-unsaturated/α-hetero) is 2. The summed E-state index contributed by atoms with van der Waals surface area (Å²) in [7, 11) is 0. The van der Waals surface area contributed by atoms with Crippen LogP contribution in [0, 0.1) is 27.7 Å². The Morgan fingerprint density at radius 2 is 1.57 bits per heavy atom. The first kappa shape index (κ1) is 44.1. The molecule has 0 unspecified atom stereocenters. The first-order chi connectivity index (χ1) is 30.6. The van der Waals surface area contributed by atoms with E-state index in [4.69, 9.17) is 35.8 Å². The number of halogens is 1. The average Bonchev–Trinajstić information content (AvgIpc) is 3.91. The molecule has 1 atom stereocenters. The lowest BCUT2D eigenvalue weighted by Gasteiger charge is -2.13. The van der Waals surface area contributed by atoms with Gasteiger partial charge >= 0.3 is 0 Å². The number of thiophene rings is 1. The first-order valence-corrected chi connectivity index (χ1v) is 22.9. The lowest BCUT2D eigenvalue weighted by Crippen LogP contribution is -2.13. The SMILES string of the molecule is Cc1nc(NCCOCCOCCCCCOc2ccc(CC(=O)C[C@@H]3N=C(c4ccc(Cl)cc4)c4c(sc(C)c4C)-n4c(C)nnc43)cc2)ccc1-c1ccc2c(c1)CC(=O)C2. The number of fused-ring (bicyclic) bond motifs is 4. The van der Waals surface area contributed by atoms with Gasteiger partial charge < -0.3 is 19.5 Å². The zero-order valence-corrected chi connectivity index (χ0v) is 37.9. The number of aryl methyl sites for hydroxylation is 3. The van der Waals surface area contributed by atoms with Crippen molar-refractivity contribution in [1.29, 1.82) is 0 Å². The minimum absolute atomic E-state index is 0.0716. The Kier molecular flexibility index (Phi) is 14.2. The molecule has 2 aliphatic rings. The van der Waals surface area contributed by atoms with Crippen molar-refractivity contribution in [2.24, 2.45) is 4.99 Å². The number of hydrogen-bond donors (Lipinski definition) is 1. The number of ketones is 2. The molecule has 3 aromatic heterocycles. The van der Waals surface area contributed by atoms with Crippen molar-refractivity contribution in [2.75, 3.05) is 44.9 Å². The molecule has 6 aromatic rings. The van der Waals surface area contributed by atoms with Gasteiger partial charge in [-0.1, -0.05) is 54.1 Å². The van der Waals surface area contributed by atoms with Crippen LogP contribution in [0.25, 0.3) is 16.1 Å². The molecule has 0 spiro atoms. The van der Waals surface area contributed by atoms with Crippen LogP contribution in [0.15, 0.2) is 83.9 Å². The van der Waals surface area contributed by atoms with E-state index < -0.39 is 6.04 Å². The molecule has 0 bridgehead atoms. The van der Waals surface area contributed by atoms with E-state index in [1.165, 1.54) is 4.88 Å². The Bertz CT molecular complexity index is 2620. The summed E-state index contributed by atoms with van der Waals surface area (Å²) >= 11 is 7.95. The van der Waals surface area contributed by atoms with E-state index in [9.17, 15) is 9.59 Å². The summed E-state index contributed by atoms with van der Waals surface area (Å²) in [5.41, 5.74) is 10.3. The summed E-state index contributed by atoms with van der Waals surface area (Å²) in [6.07, 6.45) is 4.43. The topological polar surface area (TPSA) is 130 Å². The molecule has 3 aromatic carbocycles. The highest BCUT2D eigenvalue weighted by molar-refractivity contribution is 7.15. The fourth-order valence-electron chi connectivity index (χ4n) is 8.18. The number of rotatable bonds is 20. The zero-order chi connectivity index (χ0) is 43.9. The molecule has 1 aliphatic carbocycles. The lowest BCUT2D eigenvalue weighted by molar-refractivity contribution is -0.119. The smallest absolute Gasteiger partial charge is 0.163 e. The number of ether oxygens (including phenoxy) is 3. The van der Waals surface area contributed by atoms with Gasteiger partial charge in [-0.3, -0.25) is 19.1 Å². The maximum atomic E-state index is 13.6. The van der Waals surface area contributed by atoms with Gasteiger partial charge in [0.25, 0.3) is 0 Å². The summed E-state index contributed by atoms with van der Waals surface area (Å²) in [5, 5.41) is 14.0. The van der Waals surface area contributed by atoms with Gasteiger partial charge in [-0.15, -0.1) is 21.5 Å². The Morgan fingerprint density at radius 1 is 0.825 bits per heavy atom. The van der Waals surface area contributed by atoms with E-state index in [0.29, 0.717) is 63.3 Å². The minimum Gasteiger partial charge on any atom is -0.494 e. The predicted octanol–water partition coefficient (Wildman–Crippen LogP) is 9.73. The van der Waals surface area contributed by atoms with Gasteiger partial charge in [-0.2, -0.15) is 0 Å². The normalized spacial score (nSPS) is 14.2. The van der Waals surface area contributed by atoms with Gasteiger partial charge in [0.15, 0.2) is 5.82 Å². The number of nitrogens with one attached hydrogen (secondary N) is 1. The number of pyridine rings is 1. The maximum Gasteiger partial charge on any atom is 0.163 e. The summed E-state index contributed by atoms with van der Waals surface area (Å²) in [4.78, 5) is 36.6. The minimum atomic E-state index is -0.491. The van der Waals surface area contributed by atoms with Crippen LogP contribution >= 0.6 is 22.9 Å². The summed E-state index contributed by atoms with van der Waals surface area (Å²) in [6, 6.07) is 25.4. The molecular formula is C50H53ClN6O5S. The molecule has 0 amide bonds. The van der Waals surface area contributed by atoms with Crippen LogP contribution in [0.5, 0.6) is 5.75 Å². The van der Waals surface area contributed by atoms with E-state index in [0.717, 1.165) is 97.6 Å². The van der Waals surface area contributed by atoms with E-state index in [1.807, 2.05) is 68.4 Å². The van der Waals surface area contributed by atoms with Crippen LogP contribution < -0.4 is 10.1 Å². The van der Waals surface area contributed by atoms with Crippen molar-refractivity contribution in [3.63, 3.8) is 0 Å². The third kappa shape index (κ3) is 10.6. The van der Waals surface area contributed by atoms with Crippen LogP contribution in [-0.4, -0.2) is 76.6 Å². The molecule has 1 aliphatic heterocycles. The largest absolute Gasteiger partial charge is 0.494 e. The summed E-state index contributed by atoms with van der Waals surface area (Å²) < 4.78 is 19.6. The molecule has 11 nitrogen and oxygen atoms in total. The van der Waals surface area contributed by atoms with Crippen LogP contribution in [-0.2, 0) is 38.3 Å². The van der Waals surface area contributed by atoms with Gasteiger partial charge in [-0.05, 0) is 111 Å². The van der Waals surface area contributed by atoms with Gasteiger partial charge in [0.05, 0.1) is 32.1 Å². The van der Waals surface area contributed by atoms with E-state index in [-0.39, 0.29) is 24.4 Å². The van der Waals surface area contributed by atoms with E-state index in [2.05, 4.69) is 58.2 Å². The van der Waals surface area contributed by atoms with Crippen molar-refractivity contribution >= 4 is 46.0 Å². The second kappa shape index (κ2) is 20.3. The number of carbonyl (C=O) groups excluding carboxylic acids is 2. The predicted molar refractivity (Wildman–Crippen MR) is 249 cm³/mol. The molecule has 63 heavy (non-hydrogen) atoms. The number of benzene rings is 3. The number of aromatic nitrogens is 4. The van der Waals surface area contributed by atoms with Crippen molar-refractivity contribution in [3.05, 3.63) is 139 Å². The Hall–Kier alpha value is -5.53. The molecule has 8 rings (SSSR count). The second-order valence-electron chi connectivity index (χ2n) is 16.2. The van der Waals surface area contributed by atoms with Crippen LogP contribution in [0.3, 0.4) is 0 Å². The molecule has 0 saturated carbocycles. The number of aliphatic imine (C=N–C) groups is 1. The van der Waals surface area contributed by atoms with Gasteiger partial charge in [-0.25, -0.2) is 4.98 Å². The molecule has 1 N–H and O–H groups in total. The van der Waals surface area contributed by atoms with E-state index in [1.54, 1.807) is 11.3 Å². The Balaban J connectivity index is 0.708. The third-order valence-corrected chi connectivity index (χ3v) is 13.1. The highest BCUT2D eigenvalue weighted by Crippen LogP contribution is 2.40. The molecule has 4 heterocycles. The molecule has 0 fully saturated rings. The summed E-state index contributed by atoms with van der Waals surface area (Å²) in [5.74, 6) is 3.40. The standard InChI is InChI=1S/C50H53ClN6O5S/c1-31-33(3)63-50-47(31)48(36-12-14-40(51)15-13-36)54-45(49-56-55-34(4)57(49)50)30-41(58)26-35-8-16-43(17-9-35)62-22-7-5-6-21-60-24-25-61-23-20-52-46-19-18-44(32(2)53-46)38-11-10-37-28-42(59)29-39(37)27-38/h8-19,27,45H,5-7,20-26,28-30H2,1-4H3,(H,52,53)/t45-/m0/s1. The number of hydrogen-bond acceptors (Lipinski definition) is 11. The van der Waals surface area contributed by atoms with Crippen LogP contribution in [0.1, 0.15) is 87.3 Å². The number of carbonyl (C=O) groups is 2. The maximum absolute atomic E-state index is 13.6. The number of anilines is 1. The van der Waals surface area contributed by atoms with Crippen molar-refractivity contribution < 1.29 is 23.8 Å². The number of unbranched alkanes of at least 4 members (excludes halogenated alkanes) is 2. The monoisotopic (exact) mass is 884 g/mol. The highest BCUT2D eigenvalue weighted by atomic mass is 35.5. The fraction of sp³-hybridized carbons (Fsp3) is 0.360. The summed E-state index contributed by atoms with van der Waals surface area (Å²) in [6.45, 7) is 11.8. The van der Waals surface area contributed by atoms with Crippen molar-refractivity contribution in [1.82, 2.24) is 19.7 Å². The second-order valence-corrected chi connectivity index (χ2v) is 17.9. The lowest BCUT2D eigenvalue weighted by atomic mass is 9.99. The average molecular weight is 886 g/mol. The zero-order valence-electron chi connectivity index (χ0n) is 36.3. The quantitative estimate of drug-likeness (QED) is 0.0745. The first-order valence-electron chi connectivity index (χ1n) is 21.7. The molecule has 0 saturated heterocycles. The Morgan fingerprint density at radius 3 is 2.37 bits per heavy atom. The molecule has 13 heteroatoms.